The second-order valence-electron chi connectivity index (χ2n) is 7.95. The molecule has 2 aromatic carbocycles. The Bertz CT molecular complexity index is 768. The van der Waals surface area contributed by atoms with Gasteiger partial charge in [0.25, 0.3) is 0 Å². The first-order valence-corrected chi connectivity index (χ1v) is 10.6. The zero-order chi connectivity index (χ0) is 20.5. The van der Waals surface area contributed by atoms with Crippen molar-refractivity contribution < 1.29 is 9.53 Å². The van der Waals surface area contributed by atoms with Gasteiger partial charge in [0.2, 0.25) is 5.91 Å². The van der Waals surface area contributed by atoms with Gasteiger partial charge < -0.3 is 15.4 Å². The van der Waals surface area contributed by atoms with Crippen molar-refractivity contribution in [1.29, 1.82) is 0 Å². The lowest BCUT2D eigenvalue weighted by Gasteiger charge is -2.26. The molecule has 156 valence electrons. The van der Waals surface area contributed by atoms with Crippen LogP contribution in [0.2, 0.25) is 0 Å². The van der Waals surface area contributed by atoms with Crippen molar-refractivity contribution in [3.8, 4) is 0 Å². The van der Waals surface area contributed by atoms with Gasteiger partial charge in [0.15, 0.2) is 0 Å². The van der Waals surface area contributed by atoms with Crippen molar-refractivity contribution in [2.24, 2.45) is 0 Å². The number of hydrogen-bond donors (Lipinski definition) is 2. The molecule has 0 spiro atoms. The number of nitrogens with zero attached hydrogens (tertiary/aromatic N) is 1. The Balaban J connectivity index is 1.42. The van der Waals surface area contributed by atoms with Gasteiger partial charge in [-0.2, -0.15) is 0 Å². The molecule has 0 atom stereocenters. The summed E-state index contributed by atoms with van der Waals surface area (Å²) in [6.45, 7) is 10.1. The van der Waals surface area contributed by atoms with Gasteiger partial charge in [0.05, 0.1) is 13.2 Å². The predicted octanol–water partition coefficient (Wildman–Crippen LogP) is 3.76. The van der Waals surface area contributed by atoms with Crippen molar-refractivity contribution in [2.45, 2.75) is 39.3 Å². The molecule has 0 radical (unpaired) electrons. The number of rotatable bonds is 9. The molecule has 3 rings (SSSR count). The van der Waals surface area contributed by atoms with E-state index in [-0.39, 0.29) is 5.91 Å². The van der Waals surface area contributed by atoms with E-state index in [2.05, 4.69) is 59.7 Å². The lowest BCUT2D eigenvalue weighted by atomic mass is 10.0. The topological polar surface area (TPSA) is 53.6 Å². The fraction of sp³-hybridized carbons (Fsp3) is 0.458. The Morgan fingerprint density at radius 3 is 2.48 bits per heavy atom. The largest absolute Gasteiger partial charge is 0.379 e. The maximum absolute atomic E-state index is 12.3. The Kier molecular flexibility index (Phi) is 8.23. The standard InChI is InChI=1S/C24H33N3O2/c1-19(2)22-8-6-20(7-9-22)17-25-18-21-4-3-5-23(16-21)26-24(28)10-11-27-12-14-29-15-13-27/h3-9,16,19,25H,10-15,17-18H2,1-2H3,(H,26,28). The molecular weight excluding hydrogens is 362 g/mol. The van der Waals surface area contributed by atoms with Crippen molar-refractivity contribution >= 4 is 11.6 Å². The molecule has 1 heterocycles. The van der Waals surface area contributed by atoms with E-state index < -0.39 is 0 Å². The minimum absolute atomic E-state index is 0.0619. The quantitative estimate of drug-likeness (QED) is 0.679. The molecule has 0 aromatic heterocycles. The summed E-state index contributed by atoms with van der Waals surface area (Å²) in [4.78, 5) is 14.5. The molecule has 2 N–H and O–H groups in total. The number of anilines is 1. The van der Waals surface area contributed by atoms with Gasteiger partial charge in [-0.1, -0.05) is 50.2 Å². The summed E-state index contributed by atoms with van der Waals surface area (Å²) in [5.74, 6) is 0.621. The second-order valence-corrected chi connectivity index (χ2v) is 7.95. The van der Waals surface area contributed by atoms with Crippen molar-refractivity contribution in [2.75, 3.05) is 38.2 Å². The summed E-state index contributed by atoms with van der Waals surface area (Å²) in [6.07, 6.45) is 0.509. The highest BCUT2D eigenvalue weighted by molar-refractivity contribution is 5.90. The SMILES string of the molecule is CC(C)c1ccc(CNCc2cccc(NC(=O)CCN3CCOCC3)c2)cc1. The van der Waals surface area contributed by atoms with Crippen LogP contribution in [0.4, 0.5) is 5.69 Å². The van der Waals surface area contributed by atoms with Crippen LogP contribution < -0.4 is 10.6 Å². The van der Waals surface area contributed by atoms with Crippen LogP contribution in [0.15, 0.2) is 48.5 Å². The summed E-state index contributed by atoms with van der Waals surface area (Å²) in [6, 6.07) is 16.8. The number of benzene rings is 2. The lowest BCUT2D eigenvalue weighted by Crippen LogP contribution is -2.38. The van der Waals surface area contributed by atoms with E-state index in [0.717, 1.165) is 57.2 Å². The highest BCUT2D eigenvalue weighted by Gasteiger charge is 2.12. The average Bonchev–Trinajstić information content (AvgIpc) is 2.74. The Labute approximate surface area is 174 Å². The van der Waals surface area contributed by atoms with E-state index in [1.165, 1.54) is 11.1 Å². The van der Waals surface area contributed by atoms with Gasteiger partial charge in [-0.05, 0) is 34.7 Å². The number of nitrogens with one attached hydrogen (secondary N) is 2. The summed E-state index contributed by atoms with van der Waals surface area (Å²) in [5.41, 5.74) is 4.67. The van der Waals surface area contributed by atoms with Crippen LogP contribution in [0.5, 0.6) is 0 Å². The van der Waals surface area contributed by atoms with Crippen LogP contribution in [0.3, 0.4) is 0 Å². The van der Waals surface area contributed by atoms with E-state index >= 15 is 0 Å². The van der Waals surface area contributed by atoms with Gasteiger partial charge in [0.1, 0.15) is 0 Å². The maximum Gasteiger partial charge on any atom is 0.225 e. The molecule has 1 aliphatic rings. The average molecular weight is 396 g/mol. The summed E-state index contributed by atoms with van der Waals surface area (Å²) < 4.78 is 5.34. The van der Waals surface area contributed by atoms with Gasteiger partial charge in [-0.3, -0.25) is 9.69 Å². The number of carbonyl (C=O) groups is 1. The van der Waals surface area contributed by atoms with Crippen LogP contribution >= 0.6 is 0 Å². The first-order valence-electron chi connectivity index (χ1n) is 10.6. The molecular formula is C24H33N3O2. The number of ether oxygens (including phenoxy) is 1. The summed E-state index contributed by atoms with van der Waals surface area (Å²) >= 11 is 0. The minimum atomic E-state index is 0.0619. The fourth-order valence-corrected chi connectivity index (χ4v) is 3.44. The monoisotopic (exact) mass is 395 g/mol. The number of hydrogen-bond acceptors (Lipinski definition) is 4. The molecule has 29 heavy (non-hydrogen) atoms. The van der Waals surface area contributed by atoms with E-state index in [0.29, 0.717) is 12.3 Å². The molecule has 1 fully saturated rings. The van der Waals surface area contributed by atoms with Crippen LogP contribution in [0.1, 0.15) is 42.9 Å². The molecule has 1 amide bonds. The Hall–Kier alpha value is -2.21. The van der Waals surface area contributed by atoms with E-state index in [1.807, 2.05) is 18.2 Å². The molecule has 5 nitrogen and oxygen atoms in total. The van der Waals surface area contributed by atoms with Gasteiger partial charge in [-0.25, -0.2) is 0 Å². The highest BCUT2D eigenvalue weighted by atomic mass is 16.5. The van der Waals surface area contributed by atoms with Crippen molar-refractivity contribution in [1.82, 2.24) is 10.2 Å². The molecule has 2 aromatic rings. The number of amides is 1. The first kappa shape index (κ1) is 21.5. The first-order chi connectivity index (χ1) is 14.1. The van der Waals surface area contributed by atoms with Gasteiger partial charge in [0, 0.05) is 44.8 Å². The zero-order valence-corrected chi connectivity index (χ0v) is 17.6. The number of morpholine rings is 1. The molecule has 0 saturated carbocycles. The fourth-order valence-electron chi connectivity index (χ4n) is 3.44. The van der Waals surface area contributed by atoms with E-state index in [1.54, 1.807) is 0 Å². The van der Waals surface area contributed by atoms with Crippen LogP contribution in [-0.4, -0.2) is 43.7 Å². The normalized spacial score (nSPS) is 14.9. The van der Waals surface area contributed by atoms with Gasteiger partial charge >= 0.3 is 0 Å². The smallest absolute Gasteiger partial charge is 0.225 e. The summed E-state index contributed by atoms with van der Waals surface area (Å²) in [5, 5.41) is 6.51. The third kappa shape index (κ3) is 7.28. The Morgan fingerprint density at radius 1 is 1.03 bits per heavy atom. The van der Waals surface area contributed by atoms with Crippen LogP contribution in [0.25, 0.3) is 0 Å². The molecule has 0 aliphatic carbocycles. The van der Waals surface area contributed by atoms with Crippen molar-refractivity contribution in [3.63, 3.8) is 0 Å². The molecule has 0 unspecified atom stereocenters. The third-order valence-corrected chi connectivity index (χ3v) is 5.27. The van der Waals surface area contributed by atoms with Crippen LogP contribution in [0, 0.1) is 0 Å². The highest BCUT2D eigenvalue weighted by Crippen LogP contribution is 2.15. The molecule has 1 aliphatic heterocycles. The third-order valence-electron chi connectivity index (χ3n) is 5.27. The lowest BCUT2D eigenvalue weighted by molar-refractivity contribution is -0.116. The second kappa shape index (κ2) is 11.1. The van der Waals surface area contributed by atoms with E-state index in [4.69, 9.17) is 4.74 Å². The predicted molar refractivity (Wildman–Crippen MR) is 118 cm³/mol. The molecule has 5 heteroatoms. The van der Waals surface area contributed by atoms with Crippen LogP contribution in [-0.2, 0) is 22.6 Å². The number of carbonyl (C=O) groups excluding carboxylic acids is 1. The van der Waals surface area contributed by atoms with Crippen molar-refractivity contribution in [3.05, 3.63) is 65.2 Å². The minimum Gasteiger partial charge on any atom is -0.379 e. The molecule has 0 bridgehead atoms. The molecule has 1 saturated heterocycles. The van der Waals surface area contributed by atoms with E-state index in [9.17, 15) is 4.79 Å². The zero-order valence-electron chi connectivity index (χ0n) is 17.6. The van der Waals surface area contributed by atoms with Gasteiger partial charge in [-0.15, -0.1) is 0 Å². The summed E-state index contributed by atoms with van der Waals surface area (Å²) in [7, 11) is 0. The Morgan fingerprint density at radius 2 is 1.76 bits per heavy atom. The maximum atomic E-state index is 12.3.